The predicted molar refractivity (Wildman–Crippen MR) is 50.2 cm³/mol. The second kappa shape index (κ2) is 3.21. The Labute approximate surface area is 76.3 Å². The van der Waals surface area contributed by atoms with Gasteiger partial charge < -0.3 is 16.4 Å². The van der Waals surface area contributed by atoms with Gasteiger partial charge in [-0.15, -0.1) is 5.10 Å². The smallest absolute Gasteiger partial charge is 0.246 e. The molecule has 1 fully saturated rings. The van der Waals surface area contributed by atoms with Gasteiger partial charge in [0.15, 0.2) is 0 Å². The lowest BCUT2D eigenvalue weighted by Crippen LogP contribution is -2.43. The molecule has 72 valence electrons. The predicted octanol–water partition coefficient (Wildman–Crippen LogP) is -0.686. The lowest BCUT2D eigenvalue weighted by Gasteiger charge is -2.29. The maximum atomic E-state index is 5.83. The largest absolute Gasteiger partial charge is 0.368 e. The zero-order valence-electron chi connectivity index (χ0n) is 7.40. The second-order valence-electron chi connectivity index (χ2n) is 3.37. The first-order chi connectivity index (χ1) is 6.25. The summed E-state index contributed by atoms with van der Waals surface area (Å²) in [5, 5.41) is 6.60. The Morgan fingerprint density at radius 2 is 2.38 bits per heavy atom. The molecule has 6 heteroatoms. The number of nitrogens with one attached hydrogen (secondary N) is 1. The van der Waals surface area contributed by atoms with Gasteiger partial charge in [-0.05, 0) is 12.8 Å². The van der Waals surface area contributed by atoms with Crippen molar-refractivity contribution in [2.24, 2.45) is 5.73 Å². The van der Waals surface area contributed by atoms with Crippen molar-refractivity contribution < 1.29 is 0 Å². The van der Waals surface area contributed by atoms with E-state index in [1.165, 1.54) is 0 Å². The van der Waals surface area contributed by atoms with E-state index in [1.54, 1.807) is 0 Å². The highest BCUT2D eigenvalue weighted by molar-refractivity contribution is 5.34. The number of hydrogen-bond donors (Lipinski definition) is 3. The van der Waals surface area contributed by atoms with Crippen LogP contribution in [-0.2, 0) is 0 Å². The SMILES string of the molecule is Nc1nc(N2CCCC(N)C2)n[nH]1. The Bertz CT molecular complexity index is 282. The number of nitrogen functional groups attached to an aromatic ring is 1. The lowest BCUT2D eigenvalue weighted by molar-refractivity contribution is 0.500. The van der Waals surface area contributed by atoms with Gasteiger partial charge in [-0.2, -0.15) is 4.98 Å². The van der Waals surface area contributed by atoms with E-state index < -0.39 is 0 Å². The highest BCUT2D eigenvalue weighted by Gasteiger charge is 2.19. The summed E-state index contributed by atoms with van der Waals surface area (Å²) < 4.78 is 0. The Hall–Kier alpha value is -1.30. The van der Waals surface area contributed by atoms with Gasteiger partial charge in [-0.25, -0.2) is 5.10 Å². The van der Waals surface area contributed by atoms with Crippen LogP contribution in [0.4, 0.5) is 11.9 Å². The molecule has 0 radical (unpaired) electrons. The van der Waals surface area contributed by atoms with Crippen LogP contribution in [0.15, 0.2) is 0 Å². The van der Waals surface area contributed by atoms with E-state index >= 15 is 0 Å². The van der Waals surface area contributed by atoms with Gasteiger partial charge >= 0.3 is 0 Å². The minimum Gasteiger partial charge on any atom is -0.368 e. The molecule has 1 unspecified atom stereocenters. The van der Waals surface area contributed by atoms with Crippen molar-refractivity contribution >= 4 is 11.9 Å². The number of nitrogens with zero attached hydrogens (tertiary/aromatic N) is 3. The monoisotopic (exact) mass is 182 g/mol. The molecular weight excluding hydrogens is 168 g/mol. The minimum atomic E-state index is 0.230. The Morgan fingerprint density at radius 1 is 1.54 bits per heavy atom. The molecule has 1 atom stereocenters. The van der Waals surface area contributed by atoms with Gasteiger partial charge in [0.1, 0.15) is 0 Å². The number of nitrogens with two attached hydrogens (primary N) is 2. The van der Waals surface area contributed by atoms with E-state index in [4.69, 9.17) is 11.5 Å². The summed E-state index contributed by atoms with van der Waals surface area (Å²) in [6.45, 7) is 1.78. The van der Waals surface area contributed by atoms with Crippen LogP contribution < -0.4 is 16.4 Å². The van der Waals surface area contributed by atoms with Crippen molar-refractivity contribution in [3.63, 3.8) is 0 Å². The average molecular weight is 182 g/mol. The fourth-order valence-corrected chi connectivity index (χ4v) is 1.60. The first kappa shape index (κ1) is 8.31. The van der Waals surface area contributed by atoms with E-state index in [-0.39, 0.29) is 6.04 Å². The standard InChI is InChI=1S/C7H14N6/c8-5-2-1-3-13(4-5)7-10-6(9)11-12-7/h5H,1-4,8H2,(H3,9,10,11,12). The molecule has 2 heterocycles. The summed E-state index contributed by atoms with van der Waals surface area (Å²) in [5.41, 5.74) is 11.3. The van der Waals surface area contributed by atoms with Gasteiger partial charge in [0.25, 0.3) is 0 Å². The van der Waals surface area contributed by atoms with Gasteiger partial charge in [-0.1, -0.05) is 0 Å². The van der Waals surface area contributed by atoms with E-state index in [2.05, 4.69) is 20.1 Å². The molecule has 1 saturated heterocycles. The summed E-state index contributed by atoms with van der Waals surface area (Å²) in [7, 11) is 0. The van der Waals surface area contributed by atoms with Crippen LogP contribution in [0.1, 0.15) is 12.8 Å². The molecule has 2 rings (SSSR count). The highest BCUT2D eigenvalue weighted by atomic mass is 15.4. The van der Waals surface area contributed by atoms with E-state index in [0.29, 0.717) is 11.9 Å². The molecule has 1 aromatic heterocycles. The molecule has 0 aliphatic carbocycles. The van der Waals surface area contributed by atoms with Crippen molar-refractivity contribution in [1.82, 2.24) is 15.2 Å². The van der Waals surface area contributed by atoms with E-state index in [1.807, 2.05) is 0 Å². The summed E-state index contributed by atoms with van der Waals surface area (Å²) in [6.07, 6.45) is 2.17. The Balaban J connectivity index is 2.08. The Kier molecular flexibility index (Phi) is 2.05. The molecule has 0 bridgehead atoms. The topological polar surface area (TPSA) is 96.8 Å². The molecule has 13 heavy (non-hydrogen) atoms. The van der Waals surface area contributed by atoms with Crippen molar-refractivity contribution in [3.8, 4) is 0 Å². The van der Waals surface area contributed by atoms with Crippen LogP contribution in [0, 0.1) is 0 Å². The third kappa shape index (κ3) is 1.72. The summed E-state index contributed by atoms with van der Waals surface area (Å²) in [4.78, 5) is 6.11. The molecule has 0 saturated carbocycles. The Morgan fingerprint density at radius 3 is 3.00 bits per heavy atom. The quantitative estimate of drug-likeness (QED) is 0.534. The van der Waals surface area contributed by atoms with Crippen LogP contribution in [0.3, 0.4) is 0 Å². The molecule has 1 aliphatic rings. The average Bonchev–Trinajstić information content (AvgIpc) is 2.52. The maximum absolute atomic E-state index is 5.83. The number of hydrogen-bond acceptors (Lipinski definition) is 5. The summed E-state index contributed by atoms with van der Waals surface area (Å²) in [6, 6.07) is 0.230. The molecule has 1 aromatic rings. The number of aromatic nitrogens is 3. The van der Waals surface area contributed by atoms with E-state index in [0.717, 1.165) is 25.9 Å². The molecule has 0 spiro atoms. The fraction of sp³-hybridized carbons (Fsp3) is 0.714. The van der Waals surface area contributed by atoms with Gasteiger partial charge in [0, 0.05) is 19.1 Å². The zero-order chi connectivity index (χ0) is 9.26. The molecule has 6 nitrogen and oxygen atoms in total. The van der Waals surface area contributed by atoms with Crippen LogP contribution in [0.2, 0.25) is 0 Å². The summed E-state index contributed by atoms with van der Waals surface area (Å²) in [5.74, 6) is 1.02. The molecule has 0 amide bonds. The first-order valence-electron chi connectivity index (χ1n) is 4.44. The second-order valence-corrected chi connectivity index (χ2v) is 3.37. The van der Waals surface area contributed by atoms with Gasteiger partial charge in [-0.3, -0.25) is 0 Å². The van der Waals surface area contributed by atoms with Crippen LogP contribution >= 0.6 is 0 Å². The van der Waals surface area contributed by atoms with Crippen LogP contribution in [0.25, 0.3) is 0 Å². The third-order valence-corrected chi connectivity index (χ3v) is 2.23. The van der Waals surface area contributed by atoms with Crippen molar-refractivity contribution in [2.75, 3.05) is 23.7 Å². The molecule has 0 aromatic carbocycles. The zero-order valence-corrected chi connectivity index (χ0v) is 7.40. The maximum Gasteiger partial charge on any atom is 0.246 e. The fourth-order valence-electron chi connectivity index (χ4n) is 1.60. The third-order valence-electron chi connectivity index (χ3n) is 2.23. The molecular formula is C7H14N6. The minimum absolute atomic E-state index is 0.230. The van der Waals surface area contributed by atoms with Crippen LogP contribution in [0.5, 0.6) is 0 Å². The number of anilines is 2. The van der Waals surface area contributed by atoms with Crippen LogP contribution in [-0.4, -0.2) is 34.3 Å². The van der Waals surface area contributed by atoms with Crippen molar-refractivity contribution in [2.45, 2.75) is 18.9 Å². The summed E-state index contributed by atoms with van der Waals surface area (Å²) >= 11 is 0. The number of H-pyrrole nitrogens is 1. The van der Waals surface area contributed by atoms with Gasteiger partial charge in [0.2, 0.25) is 11.9 Å². The number of piperidine rings is 1. The molecule has 5 N–H and O–H groups in total. The molecule has 1 aliphatic heterocycles. The van der Waals surface area contributed by atoms with Crippen molar-refractivity contribution in [3.05, 3.63) is 0 Å². The lowest BCUT2D eigenvalue weighted by atomic mass is 10.1. The van der Waals surface area contributed by atoms with Crippen molar-refractivity contribution in [1.29, 1.82) is 0 Å². The number of aromatic amines is 1. The van der Waals surface area contributed by atoms with Gasteiger partial charge in [0.05, 0.1) is 0 Å². The van der Waals surface area contributed by atoms with E-state index in [9.17, 15) is 0 Å². The first-order valence-corrected chi connectivity index (χ1v) is 4.44. The highest BCUT2D eigenvalue weighted by Crippen LogP contribution is 2.14. The number of rotatable bonds is 1. The normalized spacial score (nSPS) is 23.5.